The predicted molar refractivity (Wildman–Crippen MR) is 187 cm³/mol. The van der Waals surface area contributed by atoms with Crippen LogP contribution in [0.3, 0.4) is 0 Å². The Balaban J connectivity index is 1.28. The summed E-state index contributed by atoms with van der Waals surface area (Å²) in [5, 5.41) is 0. The number of hydrogen-bond acceptors (Lipinski definition) is 8. The highest BCUT2D eigenvalue weighted by Gasteiger charge is 2.42. The maximum Gasteiger partial charge on any atom is 0.104 e. The summed E-state index contributed by atoms with van der Waals surface area (Å²) in [6.45, 7) is 7.30. The van der Waals surface area contributed by atoms with E-state index < -0.39 is 5.41 Å². The van der Waals surface area contributed by atoms with E-state index in [1.807, 2.05) is 0 Å². The minimum Gasteiger partial charge on any atom is -0.374 e. The lowest BCUT2D eigenvalue weighted by atomic mass is 9.62. The molecule has 4 atom stereocenters. The second-order valence-electron chi connectivity index (χ2n) is 13.7. The van der Waals surface area contributed by atoms with E-state index in [1.54, 1.807) is 0 Å². The molecule has 0 aromatic heterocycles. The molecule has 4 aliphatic heterocycles. The lowest BCUT2D eigenvalue weighted by Crippen LogP contribution is -2.36. The largest absolute Gasteiger partial charge is 0.374 e. The van der Waals surface area contributed by atoms with Crippen molar-refractivity contribution in [1.82, 2.24) is 0 Å². The van der Waals surface area contributed by atoms with Gasteiger partial charge in [0.1, 0.15) is 24.4 Å². The Labute approximate surface area is 294 Å². The highest BCUT2D eigenvalue weighted by Crippen LogP contribution is 2.47. The Morgan fingerprint density at radius 2 is 0.680 bits per heavy atom. The summed E-state index contributed by atoms with van der Waals surface area (Å²) in [5.41, 5.74) is 8.70. The first-order chi connectivity index (χ1) is 24.8. The second kappa shape index (κ2) is 15.8. The van der Waals surface area contributed by atoms with Crippen LogP contribution in [0.5, 0.6) is 0 Å². The van der Waals surface area contributed by atoms with Gasteiger partial charge in [-0.3, -0.25) is 0 Å². The van der Waals surface area contributed by atoms with Crippen molar-refractivity contribution in [2.45, 2.75) is 62.7 Å². The van der Waals surface area contributed by atoms with Crippen LogP contribution in [-0.4, -0.2) is 77.3 Å². The quantitative estimate of drug-likeness (QED) is 0.0793. The number of ether oxygens (including phenoxy) is 8. The van der Waals surface area contributed by atoms with Crippen LogP contribution in [0.1, 0.15) is 44.5 Å². The molecule has 4 fully saturated rings. The zero-order valence-corrected chi connectivity index (χ0v) is 28.5. The molecule has 4 heterocycles. The van der Waals surface area contributed by atoms with Crippen molar-refractivity contribution in [2.24, 2.45) is 0 Å². The molecule has 0 bridgehead atoms. The summed E-state index contributed by atoms with van der Waals surface area (Å²) in [5.74, 6) is 0. The van der Waals surface area contributed by atoms with Crippen LogP contribution in [-0.2, 0) is 76.2 Å². The monoisotopic (exact) mass is 678 g/mol. The van der Waals surface area contributed by atoms with E-state index >= 15 is 0 Å². The Kier molecular flexibility index (Phi) is 10.7. The second-order valence-corrected chi connectivity index (χ2v) is 13.7. The summed E-state index contributed by atoms with van der Waals surface area (Å²) < 4.78 is 47.1. The predicted octanol–water partition coefficient (Wildman–Crippen LogP) is 5.93. The van der Waals surface area contributed by atoms with Gasteiger partial charge < -0.3 is 37.9 Å². The SMILES string of the molecule is c1ccc(CC(c2ccccc2COCC2CO2)(c2ccccc2COCC2CO2)c2ccccc2COCC2CO2)c(COCC2CO2)c1. The molecule has 0 radical (unpaired) electrons. The van der Waals surface area contributed by atoms with Crippen molar-refractivity contribution in [1.29, 1.82) is 0 Å². The molecule has 50 heavy (non-hydrogen) atoms. The van der Waals surface area contributed by atoms with Gasteiger partial charge in [0.2, 0.25) is 0 Å². The zero-order valence-electron chi connectivity index (χ0n) is 28.5. The maximum absolute atomic E-state index is 6.33. The minimum absolute atomic E-state index is 0.182. The zero-order chi connectivity index (χ0) is 33.6. The molecule has 0 N–H and O–H groups in total. The summed E-state index contributed by atoms with van der Waals surface area (Å²) in [4.78, 5) is 0. The molecule has 8 nitrogen and oxygen atoms in total. The fraction of sp³-hybridized carbons (Fsp3) is 0.429. The van der Waals surface area contributed by atoms with E-state index in [2.05, 4.69) is 97.1 Å². The Morgan fingerprint density at radius 3 is 1.02 bits per heavy atom. The summed E-state index contributed by atoms with van der Waals surface area (Å²) >= 11 is 0. The van der Waals surface area contributed by atoms with Crippen molar-refractivity contribution in [3.63, 3.8) is 0 Å². The van der Waals surface area contributed by atoms with Gasteiger partial charge in [0.15, 0.2) is 0 Å². The topological polar surface area (TPSA) is 87.0 Å². The molecule has 4 saturated heterocycles. The van der Waals surface area contributed by atoms with Crippen LogP contribution in [0, 0.1) is 0 Å². The molecule has 0 spiro atoms. The molecule has 4 aromatic carbocycles. The maximum atomic E-state index is 6.33. The Morgan fingerprint density at radius 1 is 0.400 bits per heavy atom. The molecule has 4 unspecified atom stereocenters. The van der Waals surface area contributed by atoms with E-state index in [4.69, 9.17) is 37.9 Å². The third kappa shape index (κ3) is 8.53. The molecule has 8 heteroatoms. The summed E-state index contributed by atoms with van der Waals surface area (Å²) in [6.07, 6.45) is 1.43. The highest BCUT2D eigenvalue weighted by molar-refractivity contribution is 5.59. The van der Waals surface area contributed by atoms with Crippen molar-refractivity contribution >= 4 is 0 Å². The van der Waals surface area contributed by atoms with Crippen molar-refractivity contribution in [2.75, 3.05) is 52.9 Å². The third-order valence-corrected chi connectivity index (χ3v) is 9.86. The van der Waals surface area contributed by atoms with E-state index in [1.165, 1.54) is 22.3 Å². The van der Waals surface area contributed by atoms with Gasteiger partial charge in [-0.2, -0.15) is 0 Å². The van der Waals surface area contributed by atoms with E-state index in [-0.39, 0.29) is 24.4 Å². The lowest BCUT2D eigenvalue weighted by molar-refractivity contribution is 0.101. The van der Waals surface area contributed by atoms with Crippen LogP contribution in [0.2, 0.25) is 0 Å². The van der Waals surface area contributed by atoms with Gasteiger partial charge in [-0.05, 0) is 50.9 Å². The van der Waals surface area contributed by atoms with Gasteiger partial charge in [-0.25, -0.2) is 0 Å². The van der Waals surface area contributed by atoms with Gasteiger partial charge in [0, 0.05) is 0 Å². The number of benzene rings is 4. The highest BCUT2D eigenvalue weighted by atomic mass is 16.6. The molecule has 8 rings (SSSR count). The van der Waals surface area contributed by atoms with Crippen LogP contribution >= 0.6 is 0 Å². The first kappa shape index (κ1) is 33.7. The van der Waals surface area contributed by atoms with Gasteiger partial charge in [0.05, 0.1) is 84.7 Å². The van der Waals surface area contributed by atoms with E-state index in [0.29, 0.717) is 59.3 Å². The fourth-order valence-corrected chi connectivity index (χ4v) is 6.92. The summed E-state index contributed by atoms with van der Waals surface area (Å²) in [6, 6.07) is 34.9. The van der Waals surface area contributed by atoms with Crippen LogP contribution in [0.25, 0.3) is 0 Å². The molecular weight excluding hydrogens is 632 g/mol. The molecule has 0 aliphatic carbocycles. The molecule has 0 saturated carbocycles. The van der Waals surface area contributed by atoms with Gasteiger partial charge >= 0.3 is 0 Å². The normalized spacial score (nSPS) is 23.0. The number of rotatable bonds is 21. The first-order valence-corrected chi connectivity index (χ1v) is 17.9. The van der Waals surface area contributed by atoms with Crippen molar-refractivity contribution in [3.8, 4) is 0 Å². The van der Waals surface area contributed by atoms with Crippen LogP contribution < -0.4 is 0 Å². The van der Waals surface area contributed by atoms with Crippen molar-refractivity contribution < 1.29 is 37.9 Å². The standard InChI is InChI=1S/C42H46O8/c1-2-10-31(18-43-22-35-26-47-35)30(9-1)17-42(39-14-6-3-11-32(39)19-44-23-36-27-48-36,40-15-7-4-12-33(40)20-45-24-37-28-49-37)41-16-8-5-13-34(41)21-46-25-38-29-50-38/h1-16,35-38H,17-29H2. The molecule has 4 aromatic rings. The number of hydrogen-bond donors (Lipinski definition) is 0. The van der Waals surface area contributed by atoms with Gasteiger partial charge in [-0.1, -0.05) is 97.1 Å². The Hall–Kier alpha value is -3.44. The van der Waals surface area contributed by atoms with Gasteiger partial charge in [-0.15, -0.1) is 0 Å². The number of epoxide rings is 4. The smallest absolute Gasteiger partial charge is 0.104 e. The minimum atomic E-state index is -0.655. The van der Waals surface area contributed by atoms with Crippen molar-refractivity contribution in [3.05, 3.63) is 142 Å². The van der Waals surface area contributed by atoms with E-state index in [9.17, 15) is 0 Å². The van der Waals surface area contributed by atoms with Crippen LogP contribution in [0.15, 0.2) is 97.1 Å². The molecule has 0 amide bonds. The lowest BCUT2D eigenvalue weighted by Gasteiger charge is -2.41. The molecular formula is C42H46O8. The average Bonchev–Trinajstić information content (AvgIpc) is 3.95. The Bertz CT molecular complexity index is 1560. The first-order valence-electron chi connectivity index (χ1n) is 17.9. The van der Waals surface area contributed by atoms with Gasteiger partial charge in [0.25, 0.3) is 0 Å². The third-order valence-electron chi connectivity index (χ3n) is 9.86. The average molecular weight is 679 g/mol. The molecule has 4 aliphatic rings. The fourth-order valence-electron chi connectivity index (χ4n) is 6.92. The van der Waals surface area contributed by atoms with Crippen LogP contribution in [0.4, 0.5) is 0 Å². The van der Waals surface area contributed by atoms with E-state index in [0.717, 1.165) is 48.7 Å². The summed E-state index contributed by atoms with van der Waals surface area (Å²) in [7, 11) is 0. The molecule has 262 valence electrons.